The lowest BCUT2D eigenvalue weighted by Crippen LogP contribution is -2.46. The highest BCUT2D eigenvalue weighted by atomic mass is 16.6. The van der Waals surface area contributed by atoms with E-state index in [1.54, 1.807) is 5.12 Å². The second-order valence-electron chi connectivity index (χ2n) is 5.41. The second-order valence-corrected chi connectivity index (χ2v) is 5.41. The van der Waals surface area contributed by atoms with Gasteiger partial charge in [-0.25, -0.2) is 10.3 Å². The molecule has 3 N–H and O–H groups in total. The first-order valence-electron chi connectivity index (χ1n) is 6.13. The van der Waals surface area contributed by atoms with Crippen LogP contribution in [0.1, 0.15) is 41.0 Å². The standard InChI is InChI=1S/C11H23N5O2/c1-8(2)16-14-9(13-15-16)6-7-12-10(17)18-11(3,4)5/h8,15H,6-7H2,1-5H3,(H,12,17)(H,13,14). The third-order valence-electron chi connectivity index (χ3n) is 2.09. The van der Waals surface area contributed by atoms with Gasteiger partial charge in [-0.2, -0.15) is 0 Å². The number of amides is 1. The van der Waals surface area contributed by atoms with Gasteiger partial charge < -0.3 is 10.1 Å². The van der Waals surface area contributed by atoms with Crippen LogP contribution < -0.4 is 16.3 Å². The van der Waals surface area contributed by atoms with Gasteiger partial charge in [0.05, 0.1) is 0 Å². The predicted molar refractivity (Wildman–Crippen MR) is 69.5 cm³/mol. The number of hydrazone groups is 1. The van der Waals surface area contributed by atoms with Crippen molar-refractivity contribution in [3.8, 4) is 0 Å². The molecule has 0 spiro atoms. The van der Waals surface area contributed by atoms with Gasteiger partial charge in [-0.15, -0.1) is 10.2 Å². The van der Waals surface area contributed by atoms with E-state index < -0.39 is 11.7 Å². The summed E-state index contributed by atoms with van der Waals surface area (Å²) in [6, 6.07) is 0.296. The van der Waals surface area contributed by atoms with Crippen LogP contribution in [0, 0.1) is 0 Å². The van der Waals surface area contributed by atoms with Gasteiger partial charge in [0.25, 0.3) is 0 Å². The summed E-state index contributed by atoms with van der Waals surface area (Å²) in [5, 5.41) is 8.58. The first-order valence-corrected chi connectivity index (χ1v) is 6.13. The average molecular weight is 257 g/mol. The molecule has 0 atom stereocenters. The number of hydrogen-bond donors (Lipinski definition) is 3. The monoisotopic (exact) mass is 257 g/mol. The van der Waals surface area contributed by atoms with Crippen LogP contribution in [-0.4, -0.2) is 35.2 Å². The Morgan fingerprint density at radius 3 is 2.67 bits per heavy atom. The molecular formula is C11H23N5O2. The number of hydrogen-bond acceptors (Lipinski definition) is 6. The molecule has 0 saturated heterocycles. The van der Waals surface area contributed by atoms with Gasteiger partial charge in [-0.1, -0.05) is 0 Å². The summed E-state index contributed by atoms with van der Waals surface area (Å²) < 4.78 is 5.13. The number of carbonyl (C=O) groups is 1. The van der Waals surface area contributed by atoms with Crippen molar-refractivity contribution in [3.05, 3.63) is 0 Å². The minimum atomic E-state index is -0.469. The highest BCUT2D eigenvalue weighted by Gasteiger charge is 2.18. The highest BCUT2D eigenvalue weighted by Crippen LogP contribution is 2.06. The molecule has 1 heterocycles. The van der Waals surface area contributed by atoms with Crippen molar-refractivity contribution in [2.75, 3.05) is 6.54 Å². The Labute approximate surface area is 108 Å². The first-order chi connectivity index (χ1) is 8.28. The third-order valence-corrected chi connectivity index (χ3v) is 2.09. The Kier molecular flexibility index (Phi) is 4.77. The zero-order valence-corrected chi connectivity index (χ0v) is 11.7. The molecule has 0 saturated carbocycles. The largest absolute Gasteiger partial charge is 0.444 e. The fourth-order valence-corrected chi connectivity index (χ4v) is 1.26. The molecule has 1 aliphatic rings. The van der Waals surface area contributed by atoms with Crippen LogP contribution in [-0.2, 0) is 4.74 Å². The number of nitrogens with zero attached hydrogens (tertiary/aromatic N) is 2. The molecule has 0 aliphatic carbocycles. The molecule has 1 rings (SSSR count). The summed E-state index contributed by atoms with van der Waals surface area (Å²) >= 11 is 0. The smallest absolute Gasteiger partial charge is 0.407 e. The number of hydrazine groups is 2. The summed E-state index contributed by atoms with van der Waals surface area (Å²) in [5.41, 5.74) is 5.47. The fourth-order valence-electron chi connectivity index (χ4n) is 1.26. The molecule has 0 aromatic heterocycles. The quantitative estimate of drug-likeness (QED) is 0.699. The summed E-state index contributed by atoms with van der Waals surface area (Å²) in [6.45, 7) is 10.1. The Hall–Kier alpha value is -1.50. The van der Waals surface area contributed by atoms with E-state index in [1.807, 2.05) is 34.6 Å². The van der Waals surface area contributed by atoms with E-state index in [9.17, 15) is 4.79 Å². The minimum absolute atomic E-state index is 0.296. The van der Waals surface area contributed by atoms with E-state index in [2.05, 4.69) is 21.4 Å². The normalized spacial score (nSPS) is 16.0. The number of nitrogens with one attached hydrogen (secondary N) is 3. The maximum atomic E-state index is 11.4. The van der Waals surface area contributed by atoms with Gasteiger partial charge in [0.1, 0.15) is 11.4 Å². The van der Waals surface area contributed by atoms with Crippen molar-refractivity contribution in [2.24, 2.45) is 5.10 Å². The van der Waals surface area contributed by atoms with Crippen LogP contribution in [0.5, 0.6) is 0 Å². The number of amidine groups is 1. The van der Waals surface area contributed by atoms with Gasteiger partial charge in [0.2, 0.25) is 0 Å². The van der Waals surface area contributed by atoms with Gasteiger partial charge in [-0.3, -0.25) is 5.43 Å². The molecular weight excluding hydrogens is 234 g/mol. The highest BCUT2D eigenvalue weighted by molar-refractivity contribution is 5.83. The maximum Gasteiger partial charge on any atom is 0.407 e. The molecule has 1 aliphatic heterocycles. The van der Waals surface area contributed by atoms with Gasteiger partial charge >= 0.3 is 6.09 Å². The van der Waals surface area contributed by atoms with E-state index in [0.29, 0.717) is 19.0 Å². The SMILES string of the molecule is CC(C)N1NN=C(CCNC(=O)OC(C)(C)C)N1. The summed E-state index contributed by atoms with van der Waals surface area (Å²) in [6.07, 6.45) is 0.213. The summed E-state index contributed by atoms with van der Waals surface area (Å²) in [5.74, 6) is 0.791. The van der Waals surface area contributed by atoms with Gasteiger partial charge in [0, 0.05) is 19.0 Å². The van der Waals surface area contributed by atoms with Crippen molar-refractivity contribution in [2.45, 2.75) is 52.7 Å². The molecule has 0 aromatic carbocycles. The number of rotatable bonds is 4. The number of ether oxygens (including phenoxy) is 1. The van der Waals surface area contributed by atoms with Crippen LogP contribution >= 0.6 is 0 Å². The second kappa shape index (κ2) is 5.90. The van der Waals surface area contributed by atoms with Crippen LogP contribution in [0.4, 0.5) is 4.79 Å². The molecule has 0 unspecified atom stereocenters. The fraction of sp³-hybridized carbons (Fsp3) is 0.818. The van der Waals surface area contributed by atoms with Crippen LogP contribution in [0.15, 0.2) is 5.10 Å². The van der Waals surface area contributed by atoms with E-state index in [-0.39, 0.29) is 0 Å². The Morgan fingerprint density at radius 2 is 2.17 bits per heavy atom. The van der Waals surface area contributed by atoms with Crippen molar-refractivity contribution >= 4 is 11.9 Å². The average Bonchev–Trinajstić information content (AvgIpc) is 2.63. The molecule has 104 valence electrons. The van der Waals surface area contributed by atoms with E-state index in [0.717, 1.165) is 5.84 Å². The molecule has 0 aromatic rings. The van der Waals surface area contributed by atoms with Crippen molar-refractivity contribution in [1.82, 2.24) is 21.4 Å². The number of alkyl carbamates (subject to hydrolysis) is 1. The zero-order valence-electron chi connectivity index (χ0n) is 11.7. The third kappa shape index (κ3) is 5.22. The minimum Gasteiger partial charge on any atom is -0.444 e. The Balaban J connectivity index is 2.18. The molecule has 18 heavy (non-hydrogen) atoms. The van der Waals surface area contributed by atoms with Crippen molar-refractivity contribution in [3.63, 3.8) is 0 Å². The maximum absolute atomic E-state index is 11.4. The molecule has 0 radical (unpaired) electrons. The first kappa shape index (κ1) is 14.6. The molecule has 0 fully saturated rings. The van der Waals surface area contributed by atoms with Crippen molar-refractivity contribution in [1.29, 1.82) is 0 Å². The molecule has 0 bridgehead atoms. The van der Waals surface area contributed by atoms with E-state index in [1.165, 1.54) is 0 Å². The van der Waals surface area contributed by atoms with Crippen LogP contribution in [0.3, 0.4) is 0 Å². The van der Waals surface area contributed by atoms with Crippen molar-refractivity contribution < 1.29 is 9.53 Å². The Morgan fingerprint density at radius 1 is 1.50 bits per heavy atom. The van der Waals surface area contributed by atoms with Crippen LogP contribution in [0.2, 0.25) is 0 Å². The van der Waals surface area contributed by atoms with Crippen LogP contribution in [0.25, 0.3) is 0 Å². The lowest BCUT2D eigenvalue weighted by atomic mass is 10.2. The zero-order chi connectivity index (χ0) is 13.8. The molecule has 7 heteroatoms. The number of carbonyl (C=O) groups excluding carboxylic acids is 1. The molecule has 1 amide bonds. The van der Waals surface area contributed by atoms with Gasteiger partial charge in [0.15, 0.2) is 0 Å². The summed E-state index contributed by atoms with van der Waals surface area (Å²) in [7, 11) is 0. The molecule has 7 nitrogen and oxygen atoms in total. The lowest BCUT2D eigenvalue weighted by Gasteiger charge is -2.20. The lowest BCUT2D eigenvalue weighted by molar-refractivity contribution is 0.0529. The predicted octanol–water partition coefficient (Wildman–Crippen LogP) is 0.948. The van der Waals surface area contributed by atoms with E-state index >= 15 is 0 Å². The Bertz CT molecular complexity index is 322. The van der Waals surface area contributed by atoms with E-state index in [4.69, 9.17) is 4.74 Å². The topological polar surface area (TPSA) is 78.0 Å². The summed E-state index contributed by atoms with van der Waals surface area (Å²) in [4.78, 5) is 11.4. The van der Waals surface area contributed by atoms with Gasteiger partial charge in [-0.05, 0) is 34.6 Å².